The molecular weight excluding hydrogens is 422 g/mol. The Hall–Kier alpha value is -3.34. The zero-order valence-electron chi connectivity index (χ0n) is 16.3. The molecule has 0 atom stereocenters. The van der Waals surface area contributed by atoms with E-state index >= 15 is 0 Å². The molecule has 0 unspecified atom stereocenters. The number of hydrogen-bond donors (Lipinski definition) is 2. The minimum Gasteiger partial charge on any atom is -0.379 e. The highest BCUT2D eigenvalue weighted by atomic mass is 32.2. The van der Waals surface area contributed by atoms with Crippen LogP contribution in [-0.2, 0) is 24.3 Å². The van der Waals surface area contributed by atoms with Crippen LogP contribution >= 0.6 is 0 Å². The molecule has 9 nitrogen and oxygen atoms in total. The first-order valence-electron chi connectivity index (χ1n) is 9.51. The third kappa shape index (κ3) is 4.41. The van der Waals surface area contributed by atoms with E-state index in [0.717, 1.165) is 11.1 Å². The minimum atomic E-state index is -3.55. The summed E-state index contributed by atoms with van der Waals surface area (Å²) in [5.41, 5.74) is 2.10. The molecule has 10 heteroatoms. The largest absolute Gasteiger partial charge is 0.379 e. The van der Waals surface area contributed by atoms with Crippen LogP contribution in [0.5, 0.6) is 0 Å². The highest BCUT2D eigenvalue weighted by Crippen LogP contribution is 2.24. The number of carbonyl (C=O) groups excluding carboxylic acids is 3. The molecule has 0 aromatic heterocycles. The van der Waals surface area contributed by atoms with E-state index in [4.69, 9.17) is 4.74 Å². The van der Waals surface area contributed by atoms with Crippen molar-refractivity contribution in [2.45, 2.75) is 4.90 Å². The highest BCUT2D eigenvalue weighted by molar-refractivity contribution is 7.89. The Balaban J connectivity index is 1.52. The molecule has 0 bridgehead atoms. The molecule has 2 heterocycles. The molecule has 0 radical (unpaired) electrons. The number of amides is 4. The van der Waals surface area contributed by atoms with E-state index < -0.39 is 27.9 Å². The van der Waals surface area contributed by atoms with Gasteiger partial charge in [0.2, 0.25) is 10.0 Å². The van der Waals surface area contributed by atoms with Crippen molar-refractivity contribution in [3.63, 3.8) is 0 Å². The Bertz CT molecular complexity index is 1140. The van der Waals surface area contributed by atoms with Crippen LogP contribution in [0.1, 0.15) is 5.56 Å². The lowest BCUT2D eigenvalue weighted by Crippen LogP contribution is -2.51. The van der Waals surface area contributed by atoms with E-state index in [-0.39, 0.29) is 10.5 Å². The number of carbonyl (C=O) groups is 3. The van der Waals surface area contributed by atoms with Gasteiger partial charge in [-0.2, -0.15) is 4.31 Å². The average molecular weight is 441 g/mol. The number of nitrogens with one attached hydrogen (secondary N) is 2. The molecule has 4 rings (SSSR count). The van der Waals surface area contributed by atoms with Gasteiger partial charge in [0, 0.05) is 13.1 Å². The van der Waals surface area contributed by atoms with Crippen molar-refractivity contribution in [3.8, 4) is 11.1 Å². The molecular formula is C21H19N3O6S. The van der Waals surface area contributed by atoms with Crippen LogP contribution in [0.25, 0.3) is 17.2 Å². The number of nitrogens with zero attached hydrogens (tertiary/aromatic N) is 1. The van der Waals surface area contributed by atoms with Gasteiger partial charge in [-0.1, -0.05) is 36.4 Å². The molecule has 2 aliphatic heterocycles. The molecule has 4 amide bonds. The molecule has 160 valence electrons. The summed E-state index contributed by atoms with van der Waals surface area (Å²) in [6, 6.07) is 12.8. The van der Waals surface area contributed by atoms with E-state index in [1.807, 2.05) is 10.6 Å². The van der Waals surface area contributed by atoms with Crippen LogP contribution in [0.4, 0.5) is 4.79 Å². The summed E-state index contributed by atoms with van der Waals surface area (Å²) in [5.74, 6) is -1.51. The zero-order valence-corrected chi connectivity index (χ0v) is 17.1. The Kier molecular flexibility index (Phi) is 5.68. The maximum Gasteiger partial charge on any atom is 0.328 e. The smallest absolute Gasteiger partial charge is 0.328 e. The Morgan fingerprint density at radius 1 is 0.806 bits per heavy atom. The van der Waals surface area contributed by atoms with Crippen molar-refractivity contribution in [2.75, 3.05) is 26.3 Å². The van der Waals surface area contributed by atoms with Crippen molar-refractivity contribution in [1.82, 2.24) is 14.9 Å². The first-order chi connectivity index (χ1) is 14.8. The highest BCUT2D eigenvalue weighted by Gasteiger charge is 2.28. The third-order valence-corrected chi connectivity index (χ3v) is 6.87. The number of benzene rings is 2. The van der Waals surface area contributed by atoms with Gasteiger partial charge in [-0.05, 0) is 34.9 Å². The molecule has 0 spiro atoms. The molecule has 2 aliphatic rings. The summed E-state index contributed by atoms with van der Waals surface area (Å²) in [7, 11) is -3.55. The first-order valence-corrected chi connectivity index (χ1v) is 11.0. The summed E-state index contributed by atoms with van der Waals surface area (Å²) in [4.78, 5) is 35.0. The lowest BCUT2D eigenvalue weighted by Gasteiger charge is -2.26. The number of hydrogen-bond acceptors (Lipinski definition) is 6. The summed E-state index contributed by atoms with van der Waals surface area (Å²) < 4.78 is 32.1. The van der Waals surface area contributed by atoms with E-state index in [1.165, 1.54) is 10.4 Å². The normalized spacial score (nSPS) is 17.8. The van der Waals surface area contributed by atoms with Gasteiger partial charge in [0.05, 0.1) is 18.1 Å². The van der Waals surface area contributed by atoms with E-state index in [1.54, 1.807) is 48.5 Å². The van der Waals surface area contributed by atoms with Crippen LogP contribution in [0.3, 0.4) is 0 Å². The molecule has 2 aromatic rings. The second kappa shape index (κ2) is 8.42. The lowest BCUT2D eigenvalue weighted by molar-refractivity contribution is -0.123. The standard InChI is InChI=1S/C21H19N3O6S/c25-19-18(20(26)23-21(27)22-19)13-14-1-3-15(4-2-14)16-5-7-17(8-6-16)31(28,29)24-9-11-30-12-10-24/h1-8,13H,9-12H2,(H2,22,23,25,26,27). The SMILES string of the molecule is O=C1NC(=O)C(=Cc2ccc(-c3ccc(S(=O)(=O)N4CCOCC4)cc3)cc2)C(=O)N1. The summed E-state index contributed by atoms with van der Waals surface area (Å²) in [6.07, 6.45) is 1.39. The maximum absolute atomic E-state index is 12.7. The van der Waals surface area contributed by atoms with Gasteiger partial charge in [0.15, 0.2) is 0 Å². The maximum atomic E-state index is 12.7. The van der Waals surface area contributed by atoms with Crippen LogP contribution in [-0.4, -0.2) is 56.9 Å². The van der Waals surface area contributed by atoms with Crippen molar-refractivity contribution >= 4 is 33.9 Å². The van der Waals surface area contributed by atoms with E-state index in [9.17, 15) is 22.8 Å². The van der Waals surface area contributed by atoms with Gasteiger partial charge in [0.25, 0.3) is 11.8 Å². The second-order valence-electron chi connectivity index (χ2n) is 6.96. The number of morpholine rings is 1. The second-order valence-corrected chi connectivity index (χ2v) is 8.90. The van der Waals surface area contributed by atoms with Gasteiger partial charge in [-0.3, -0.25) is 20.2 Å². The molecule has 2 saturated heterocycles. The van der Waals surface area contributed by atoms with E-state index in [2.05, 4.69) is 0 Å². The predicted molar refractivity (Wildman–Crippen MR) is 111 cm³/mol. The molecule has 2 N–H and O–H groups in total. The van der Waals surface area contributed by atoms with Gasteiger partial charge >= 0.3 is 6.03 Å². The molecule has 2 fully saturated rings. The average Bonchev–Trinajstić information content (AvgIpc) is 2.77. The third-order valence-electron chi connectivity index (χ3n) is 4.96. The van der Waals surface area contributed by atoms with Crippen molar-refractivity contribution in [2.24, 2.45) is 0 Å². The minimum absolute atomic E-state index is 0.162. The van der Waals surface area contributed by atoms with Gasteiger partial charge in [0.1, 0.15) is 5.57 Å². The van der Waals surface area contributed by atoms with Crippen LogP contribution in [0.15, 0.2) is 59.0 Å². The quantitative estimate of drug-likeness (QED) is 0.542. The molecule has 2 aromatic carbocycles. The van der Waals surface area contributed by atoms with Crippen molar-refractivity contribution in [1.29, 1.82) is 0 Å². The Labute approximate surface area is 178 Å². The summed E-state index contributed by atoms with van der Waals surface area (Å²) in [5, 5.41) is 4.04. The Morgan fingerprint density at radius 2 is 1.32 bits per heavy atom. The zero-order chi connectivity index (χ0) is 22.0. The van der Waals surface area contributed by atoms with Crippen LogP contribution in [0, 0.1) is 0 Å². The topological polar surface area (TPSA) is 122 Å². The van der Waals surface area contributed by atoms with Crippen molar-refractivity contribution < 1.29 is 27.5 Å². The number of rotatable bonds is 4. The first kappa shape index (κ1) is 20.9. The number of ether oxygens (including phenoxy) is 1. The molecule has 0 saturated carbocycles. The number of sulfonamides is 1. The fraction of sp³-hybridized carbons (Fsp3) is 0.190. The predicted octanol–water partition coefficient (Wildman–Crippen LogP) is 1.12. The van der Waals surface area contributed by atoms with Crippen molar-refractivity contribution in [3.05, 3.63) is 59.7 Å². The number of imide groups is 2. The van der Waals surface area contributed by atoms with E-state index in [0.29, 0.717) is 31.9 Å². The molecule has 31 heavy (non-hydrogen) atoms. The number of urea groups is 1. The van der Waals surface area contributed by atoms with Crippen LogP contribution in [0.2, 0.25) is 0 Å². The van der Waals surface area contributed by atoms with Crippen LogP contribution < -0.4 is 10.6 Å². The molecule has 0 aliphatic carbocycles. The summed E-state index contributed by atoms with van der Waals surface area (Å²) >= 11 is 0. The fourth-order valence-electron chi connectivity index (χ4n) is 3.30. The monoisotopic (exact) mass is 441 g/mol. The van der Waals surface area contributed by atoms with Gasteiger partial charge < -0.3 is 4.74 Å². The van der Waals surface area contributed by atoms with Gasteiger partial charge in [-0.25, -0.2) is 13.2 Å². The Morgan fingerprint density at radius 3 is 1.87 bits per heavy atom. The number of barbiturate groups is 1. The summed E-state index contributed by atoms with van der Waals surface area (Å²) in [6.45, 7) is 1.45. The fourth-order valence-corrected chi connectivity index (χ4v) is 4.71. The lowest BCUT2D eigenvalue weighted by atomic mass is 10.0. The van der Waals surface area contributed by atoms with Gasteiger partial charge in [-0.15, -0.1) is 0 Å².